The van der Waals surface area contributed by atoms with Crippen LogP contribution in [0.2, 0.25) is 5.02 Å². The number of amides is 1. The molecule has 2 atom stereocenters. The lowest BCUT2D eigenvalue weighted by molar-refractivity contribution is -0.0742. The van der Waals surface area contributed by atoms with Crippen LogP contribution in [0.3, 0.4) is 0 Å². The molecule has 1 aliphatic rings. The molecule has 6 nitrogen and oxygen atoms in total. The summed E-state index contributed by atoms with van der Waals surface area (Å²) in [4.78, 5) is 20.5. The lowest BCUT2D eigenvalue weighted by Gasteiger charge is -2.32. The largest absolute Gasteiger partial charge is 0.379 e. The summed E-state index contributed by atoms with van der Waals surface area (Å²) in [5.41, 5.74) is 3.05. The SMILES string of the molecule is O=C(N[C@@H]1CCOC[C@H]1OCc1cscn1)c1ccncc1Cl. The minimum atomic E-state index is -0.230. The van der Waals surface area contributed by atoms with E-state index >= 15 is 0 Å². The second kappa shape index (κ2) is 7.83. The summed E-state index contributed by atoms with van der Waals surface area (Å²) in [6, 6.07) is 1.47. The summed E-state index contributed by atoms with van der Waals surface area (Å²) in [5, 5.41) is 5.25. The number of nitrogens with zero attached hydrogens (tertiary/aromatic N) is 2. The van der Waals surface area contributed by atoms with Crippen LogP contribution in [0.5, 0.6) is 0 Å². The number of hydrogen-bond acceptors (Lipinski definition) is 6. The molecule has 8 heteroatoms. The maximum atomic E-state index is 12.4. The van der Waals surface area contributed by atoms with E-state index in [0.29, 0.717) is 36.8 Å². The van der Waals surface area contributed by atoms with Gasteiger partial charge in [-0.1, -0.05) is 11.6 Å². The van der Waals surface area contributed by atoms with Crippen LogP contribution in [0.4, 0.5) is 0 Å². The van der Waals surface area contributed by atoms with Gasteiger partial charge in [0.2, 0.25) is 0 Å². The smallest absolute Gasteiger partial charge is 0.253 e. The monoisotopic (exact) mass is 353 g/mol. The standard InChI is InChI=1S/C15H16ClN3O3S/c16-12-5-17-3-1-11(12)15(20)19-13-2-4-21-7-14(13)22-6-10-8-23-9-18-10/h1,3,5,8-9,13-14H,2,4,6-7H2,(H,19,20)/t13-,14-/m1/s1. The molecule has 122 valence electrons. The number of carbonyl (C=O) groups excluding carboxylic acids is 1. The lowest BCUT2D eigenvalue weighted by atomic mass is 10.1. The van der Waals surface area contributed by atoms with Crippen molar-refractivity contribution in [2.24, 2.45) is 0 Å². The summed E-state index contributed by atoms with van der Waals surface area (Å²) in [5.74, 6) is -0.230. The van der Waals surface area contributed by atoms with E-state index in [9.17, 15) is 4.79 Å². The Morgan fingerprint density at radius 2 is 2.48 bits per heavy atom. The van der Waals surface area contributed by atoms with Gasteiger partial charge in [0.25, 0.3) is 5.91 Å². The van der Waals surface area contributed by atoms with Gasteiger partial charge in [0, 0.05) is 24.4 Å². The summed E-state index contributed by atoms with van der Waals surface area (Å²) in [6.45, 7) is 1.44. The van der Waals surface area contributed by atoms with E-state index < -0.39 is 0 Å². The topological polar surface area (TPSA) is 73.3 Å². The van der Waals surface area contributed by atoms with Crippen molar-refractivity contribution in [2.75, 3.05) is 13.2 Å². The third kappa shape index (κ3) is 4.26. The molecule has 2 aromatic rings. The third-order valence-electron chi connectivity index (χ3n) is 3.57. The molecule has 23 heavy (non-hydrogen) atoms. The van der Waals surface area contributed by atoms with Gasteiger partial charge >= 0.3 is 0 Å². The molecular formula is C15H16ClN3O3S. The predicted octanol–water partition coefficient (Wildman–Crippen LogP) is 2.30. The van der Waals surface area contributed by atoms with E-state index in [0.717, 1.165) is 5.69 Å². The van der Waals surface area contributed by atoms with Crippen LogP contribution in [-0.2, 0) is 16.1 Å². The molecule has 1 saturated heterocycles. The highest BCUT2D eigenvalue weighted by Gasteiger charge is 2.28. The van der Waals surface area contributed by atoms with Gasteiger partial charge in [0.15, 0.2) is 0 Å². The number of aromatic nitrogens is 2. The van der Waals surface area contributed by atoms with E-state index in [1.807, 2.05) is 5.38 Å². The lowest BCUT2D eigenvalue weighted by Crippen LogP contribution is -2.50. The van der Waals surface area contributed by atoms with E-state index in [1.165, 1.54) is 17.5 Å². The highest BCUT2D eigenvalue weighted by molar-refractivity contribution is 7.07. The predicted molar refractivity (Wildman–Crippen MR) is 86.6 cm³/mol. The van der Waals surface area contributed by atoms with Crippen LogP contribution in [0, 0.1) is 0 Å². The molecule has 0 saturated carbocycles. The van der Waals surface area contributed by atoms with Crippen molar-refractivity contribution in [3.63, 3.8) is 0 Å². The molecule has 2 aromatic heterocycles. The maximum Gasteiger partial charge on any atom is 0.253 e. The Bertz CT molecular complexity index is 653. The van der Waals surface area contributed by atoms with Crippen LogP contribution < -0.4 is 5.32 Å². The van der Waals surface area contributed by atoms with Crippen LogP contribution in [-0.4, -0.2) is 41.2 Å². The first-order valence-corrected chi connectivity index (χ1v) is 8.53. The maximum absolute atomic E-state index is 12.4. The third-order valence-corrected chi connectivity index (χ3v) is 4.50. The average molecular weight is 354 g/mol. The molecule has 0 aliphatic carbocycles. The van der Waals surface area contributed by atoms with E-state index in [2.05, 4.69) is 15.3 Å². The minimum absolute atomic E-state index is 0.126. The Kier molecular flexibility index (Phi) is 5.56. The quantitative estimate of drug-likeness (QED) is 0.892. The molecule has 0 spiro atoms. The molecule has 0 unspecified atom stereocenters. The molecular weight excluding hydrogens is 338 g/mol. The molecule has 1 amide bonds. The summed E-state index contributed by atoms with van der Waals surface area (Å²) in [7, 11) is 0. The second-order valence-corrected chi connectivity index (χ2v) is 6.25. The Labute approximate surface area is 142 Å². The van der Waals surface area contributed by atoms with Crippen molar-refractivity contribution in [3.05, 3.63) is 45.6 Å². The zero-order valence-electron chi connectivity index (χ0n) is 12.3. The summed E-state index contributed by atoms with van der Waals surface area (Å²) in [6.07, 6.45) is 3.48. The molecule has 3 rings (SSSR count). The number of rotatable bonds is 5. The highest BCUT2D eigenvalue weighted by Crippen LogP contribution is 2.17. The fourth-order valence-corrected chi connectivity index (χ4v) is 3.10. The van der Waals surface area contributed by atoms with Crippen LogP contribution in [0.15, 0.2) is 29.4 Å². The van der Waals surface area contributed by atoms with E-state index in [4.69, 9.17) is 21.1 Å². The number of halogens is 1. The van der Waals surface area contributed by atoms with Crippen molar-refractivity contribution in [2.45, 2.75) is 25.2 Å². The normalized spacial score (nSPS) is 21.1. The number of carbonyl (C=O) groups is 1. The molecule has 3 heterocycles. The zero-order valence-corrected chi connectivity index (χ0v) is 13.8. The van der Waals surface area contributed by atoms with E-state index in [-0.39, 0.29) is 18.1 Å². The second-order valence-electron chi connectivity index (χ2n) is 5.13. The van der Waals surface area contributed by atoms with Crippen molar-refractivity contribution in [3.8, 4) is 0 Å². The Morgan fingerprint density at radius 1 is 1.57 bits per heavy atom. The Morgan fingerprint density at radius 3 is 3.26 bits per heavy atom. The van der Waals surface area contributed by atoms with Gasteiger partial charge in [-0.3, -0.25) is 9.78 Å². The summed E-state index contributed by atoms with van der Waals surface area (Å²) >= 11 is 7.54. The van der Waals surface area contributed by atoms with Crippen LogP contribution >= 0.6 is 22.9 Å². The number of nitrogens with one attached hydrogen (secondary N) is 1. The number of ether oxygens (including phenoxy) is 2. The Hall–Kier alpha value is -1.54. The Balaban J connectivity index is 1.62. The van der Waals surface area contributed by atoms with Gasteiger partial charge in [0.05, 0.1) is 41.0 Å². The van der Waals surface area contributed by atoms with E-state index in [1.54, 1.807) is 17.8 Å². The molecule has 0 aromatic carbocycles. The van der Waals surface area contributed by atoms with Gasteiger partial charge < -0.3 is 14.8 Å². The molecule has 0 bridgehead atoms. The zero-order chi connectivity index (χ0) is 16.1. The van der Waals surface area contributed by atoms with Gasteiger partial charge in [-0.05, 0) is 12.5 Å². The van der Waals surface area contributed by atoms with Crippen molar-refractivity contribution in [1.82, 2.24) is 15.3 Å². The van der Waals surface area contributed by atoms with Gasteiger partial charge in [-0.25, -0.2) is 4.98 Å². The van der Waals surface area contributed by atoms with Crippen molar-refractivity contribution in [1.29, 1.82) is 0 Å². The van der Waals surface area contributed by atoms with Gasteiger partial charge in [-0.2, -0.15) is 0 Å². The number of hydrogen-bond donors (Lipinski definition) is 1. The fourth-order valence-electron chi connectivity index (χ4n) is 2.35. The van der Waals surface area contributed by atoms with Crippen LogP contribution in [0.25, 0.3) is 0 Å². The summed E-state index contributed by atoms with van der Waals surface area (Å²) < 4.78 is 11.3. The first kappa shape index (κ1) is 16.3. The number of pyridine rings is 1. The first-order valence-electron chi connectivity index (χ1n) is 7.21. The number of thiazole rings is 1. The van der Waals surface area contributed by atoms with Crippen molar-refractivity contribution < 1.29 is 14.3 Å². The van der Waals surface area contributed by atoms with Gasteiger partial charge in [0.1, 0.15) is 6.10 Å². The average Bonchev–Trinajstić information content (AvgIpc) is 3.08. The molecule has 1 fully saturated rings. The first-order chi connectivity index (χ1) is 11.2. The molecule has 0 radical (unpaired) electrons. The molecule has 1 aliphatic heterocycles. The van der Waals surface area contributed by atoms with Crippen molar-refractivity contribution >= 4 is 28.8 Å². The minimum Gasteiger partial charge on any atom is -0.379 e. The highest BCUT2D eigenvalue weighted by atomic mass is 35.5. The van der Waals surface area contributed by atoms with Gasteiger partial charge in [-0.15, -0.1) is 11.3 Å². The fraction of sp³-hybridized carbons (Fsp3) is 0.400. The molecule has 1 N–H and O–H groups in total. The van der Waals surface area contributed by atoms with Crippen LogP contribution in [0.1, 0.15) is 22.5 Å².